The highest BCUT2D eigenvalue weighted by Crippen LogP contribution is 2.30. The van der Waals surface area contributed by atoms with Gasteiger partial charge < -0.3 is 5.32 Å². The van der Waals surface area contributed by atoms with Gasteiger partial charge in [-0.3, -0.25) is 4.79 Å². The molecule has 8 heteroatoms. The van der Waals surface area contributed by atoms with Crippen LogP contribution in [0.1, 0.15) is 20.8 Å². The molecular weight excluding hydrogens is 416 g/mol. The number of hydrogen-bond donors (Lipinski definition) is 1. The van der Waals surface area contributed by atoms with E-state index in [2.05, 4.69) is 5.32 Å². The summed E-state index contributed by atoms with van der Waals surface area (Å²) < 4.78 is 27.9. The first-order valence-corrected chi connectivity index (χ1v) is 11.4. The van der Waals surface area contributed by atoms with E-state index in [4.69, 9.17) is 11.6 Å². The van der Waals surface area contributed by atoms with Crippen molar-refractivity contribution in [2.45, 2.75) is 17.9 Å². The van der Waals surface area contributed by atoms with E-state index in [9.17, 15) is 13.2 Å². The number of amides is 1. The summed E-state index contributed by atoms with van der Waals surface area (Å²) in [7, 11) is -3.79. The van der Waals surface area contributed by atoms with Crippen molar-refractivity contribution in [3.05, 3.63) is 81.0 Å². The largest absolute Gasteiger partial charge is 0.320 e. The number of carbonyl (C=O) groups excluding carboxylic acids is 1. The van der Waals surface area contributed by atoms with Crippen LogP contribution in [-0.4, -0.2) is 25.2 Å². The number of sulfonamides is 1. The molecule has 0 saturated carbocycles. The Labute approximate surface area is 172 Å². The van der Waals surface area contributed by atoms with Gasteiger partial charge in [0.15, 0.2) is 0 Å². The third-order valence-electron chi connectivity index (χ3n) is 4.67. The Morgan fingerprint density at radius 3 is 2.54 bits per heavy atom. The predicted molar refractivity (Wildman–Crippen MR) is 111 cm³/mol. The van der Waals surface area contributed by atoms with Crippen LogP contribution in [0.2, 0.25) is 5.02 Å². The smallest absolute Gasteiger partial charge is 0.267 e. The lowest BCUT2D eigenvalue weighted by Gasteiger charge is -2.28. The molecule has 0 radical (unpaired) electrons. The summed E-state index contributed by atoms with van der Waals surface area (Å²) in [5, 5.41) is 4.71. The van der Waals surface area contributed by atoms with Crippen molar-refractivity contribution in [2.75, 3.05) is 11.9 Å². The molecule has 0 fully saturated rings. The van der Waals surface area contributed by atoms with Crippen molar-refractivity contribution < 1.29 is 13.2 Å². The SMILES string of the molecule is O=C(Nc1ccccc1Cl)c1sccc1S(=O)(=O)N1CCc2ccccc2C1. The van der Waals surface area contributed by atoms with E-state index < -0.39 is 15.9 Å². The number of thiophene rings is 1. The van der Waals surface area contributed by atoms with Gasteiger partial charge in [-0.15, -0.1) is 11.3 Å². The van der Waals surface area contributed by atoms with E-state index in [1.807, 2.05) is 24.3 Å². The standard InChI is InChI=1S/C20H17ClN2O3S2/c21-16-7-3-4-8-17(16)22-20(24)19-18(10-12-27-19)28(25,26)23-11-9-14-5-1-2-6-15(14)13-23/h1-8,10,12H,9,11,13H2,(H,22,24). The number of fused-ring (bicyclic) bond motifs is 1. The monoisotopic (exact) mass is 432 g/mol. The van der Waals surface area contributed by atoms with Gasteiger partial charge in [-0.25, -0.2) is 8.42 Å². The van der Waals surface area contributed by atoms with Crippen LogP contribution in [-0.2, 0) is 23.0 Å². The molecule has 0 spiro atoms. The lowest BCUT2D eigenvalue weighted by atomic mass is 10.0. The van der Waals surface area contributed by atoms with Crippen LogP contribution in [0.3, 0.4) is 0 Å². The fourth-order valence-corrected chi connectivity index (χ4v) is 6.12. The van der Waals surface area contributed by atoms with Gasteiger partial charge in [0.1, 0.15) is 9.77 Å². The van der Waals surface area contributed by atoms with Crippen LogP contribution in [0.25, 0.3) is 0 Å². The van der Waals surface area contributed by atoms with E-state index in [1.54, 1.807) is 29.6 Å². The highest BCUT2D eigenvalue weighted by atomic mass is 35.5. The number of carbonyl (C=O) groups is 1. The summed E-state index contributed by atoms with van der Waals surface area (Å²) >= 11 is 7.19. The minimum Gasteiger partial charge on any atom is -0.320 e. The number of rotatable bonds is 4. The van der Waals surface area contributed by atoms with Gasteiger partial charge in [-0.05, 0) is 41.1 Å². The maximum absolute atomic E-state index is 13.2. The average molecular weight is 433 g/mol. The van der Waals surface area contributed by atoms with E-state index in [0.29, 0.717) is 30.2 Å². The van der Waals surface area contributed by atoms with Gasteiger partial charge in [0.25, 0.3) is 5.91 Å². The lowest BCUT2D eigenvalue weighted by molar-refractivity contribution is 0.102. The maximum Gasteiger partial charge on any atom is 0.267 e. The Balaban J connectivity index is 1.61. The Hall–Kier alpha value is -2.19. The quantitative estimate of drug-likeness (QED) is 0.664. The fraction of sp³-hybridized carbons (Fsp3) is 0.150. The number of hydrogen-bond acceptors (Lipinski definition) is 4. The highest BCUT2D eigenvalue weighted by molar-refractivity contribution is 7.89. The second-order valence-corrected chi connectivity index (χ2v) is 9.63. The number of nitrogens with zero attached hydrogens (tertiary/aromatic N) is 1. The summed E-state index contributed by atoms with van der Waals surface area (Å²) in [6.07, 6.45) is 0.653. The fourth-order valence-electron chi connectivity index (χ4n) is 3.22. The molecule has 2 heterocycles. The Bertz CT molecular complexity index is 1140. The van der Waals surface area contributed by atoms with Gasteiger partial charge in [0, 0.05) is 13.1 Å². The third-order valence-corrected chi connectivity index (χ3v) is 7.93. The van der Waals surface area contributed by atoms with Crippen molar-refractivity contribution >= 4 is 44.6 Å². The molecule has 0 bridgehead atoms. The normalized spacial score (nSPS) is 14.5. The zero-order valence-electron chi connectivity index (χ0n) is 14.8. The van der Waals surface area contributed by atoms with Crippen molar-refractivity contribution in [3.63, 3.8) is 0 Å². The van der Waals surface area contributed by atoms with E-state index >= 15 is 0 Å². The molecule has 0 atom stereocenters. The molecule has 4 rings (SSSR count). The lowest BCUT2D eigenvalue weighted by Crippen LogP contribution is -2.36. The number of anilines is 1. The van der Waals surface area contributed by atoms with Gasteiger partial charge in [-0.1, -0.05) is 48.0 Å². The van der Waals surface area contributed by atoms with Crippen LogP contribution in [0.4, 0.5) is 5.69 Å². The first-order chi connectivity index (χ1) is 13.5. The highest BCUT2D eigenvalue weighted by Gasteiger charge is 2.32. The van der Waals surface area contributed by atoms with Gasteiger partial charge in [0.05, 0.1) is 10.7 Å². The van der Waals surface area contributed by atoms with E-state index in [1.165, 1.54) is 10.4 Å². The topological polar surface area (TPSA) is 66.5 Å². The zero-order valence-corrected chi connectivity index (χ0v) is 17.2. The van der Waals surface area contributed by atoms with Gasteiger partial charge in [-0.2, -0.15) is 4.31 Å². The minimum atomic E-state index is -3.79. The number of benzene rings is 2. The predicted octanol–water partition coefficient (Wildman–Crippen LogP) is 4.40. The Kier molecular flexibility index (Phi) is 5.25. The maximum atomic E-state index is 13.2. The molecule has 3 aromatic rings. The van der Waals surface area contributed by atoms with Crippen molar-refractivity contribution in [1.29, 1.82) is 0 Å². The molecule has 1 aliphatic rings. The molecule has 28 heavy (non-hydrogen) atoms. The number of nitrogens with one attached hydrogen (secondary N) is 1. The first-order valence-electron chi connectivity index (χ1n) is 8.67. The first kappa shape index (κ1) is 19.1. The molecule has 0 saturated heterocycles. The zero-order chi connectivity index (χ0) is 19.7. The van der Waals surface area contributed by atoms with Gasteiger partial charge >= 0.3 is 0 Å². The third kappa shape index (κ3) is 3.58. The summed E-state index contributed by atoms with van der Waals surface area (Å²) in [6.45, 7) is 0.695. The van der Waals surface area contributed by atoms with Crippen LogP contribution >= 0.6 is 22.9 Å². The summed E-state index contributed by atoms with van der Waals surface area (Å²) in [4.78, 5) is 12.9. The molecule has 1 amide bonds. The second-order valence-electron chi connectivity index (χ2n) is 6.41. The molecule has 144 valence electrons. The molecule has 0 aliphatic carbocycles. The molecule has 1 aromatic heterocycles. The van der Waals surface area contributed by atoms with Crippen molar-refractivity contribution in [2.24, 2.45) is 0 Å². The Morgan fingerprint density at radius 1 is 1.04 bits per heavy atom. The second kappa shape index (κ2) is 7.67. The molecule has 1 aliphatic heterocycles. The molecule has 5 nitrogen and oxygen atoms in total. The van der Waals surface area contributed by atoms with E-state index in [-0.39, 0.29) is 9.77 Å². The summed E-state index contributed by atoms with van der Waals surface area (Å²) in [5.41, 5.74) is 2.60. The van der Waals surface area contributed by atoms with Gasteiger partial charge in [0.2, 0.25) is 10.0 Å². The summed E-state index contributed by atoms with van der Waals surface area (Å²) in [6, 6.07) is 16.1. The minimum absolute atomic E-state index is 0.0291. The number of halogens is 1. The molecule has 1 N–H and O–H groups in total. The molecule has 2 aromatic carbocycles. The van der Waals surface area contributed by atoms with Crippen molar-refractivity contribution in [1.82, 2.24) is 4.31 Å². The molecule has 0 unspecified atom stereocenters. The Morgan fingerprint density at radius 2 is 1.75 bits per heavy atom. The number of para-hydroxylation sites is 1. The average Bonchev–Trinajstić information content (AvgIpc) is 3.20. The van der Waals surface area contributed by atoms with Crippen LogP contribution in [0.5, 0.6) is 0 Å². The van der Waals surface area contributed by atoms with E-state index in [0.717, 1.165) is 22.5 Å². The van der Waals surface area contributed by atoms with Crippen LogP contribution < -0.4 is 5.32 Å². The van der Waals surface area contributed by atoms with Crippen molar-refractivity contribution in [3.8, 4) is 0 Å². The summed E-state index contributed by atoms with van der Waals surface area (Å²) in [5.74, 6) is -0.487. The van der Waals surface area contributed by atoms with Crippen LogP contribution in [0.15, 0.2) is 64.9 Å². The van der Waals surface area contributed by atoms with Crippen LogP contribution in [0, 0.1) is 0 Å². The molecular formula is C20H17ClN2O3S2.